The first kappa shape index (κ1) is 23.0. The molecule has 166 valence electrons. The van der Waals surface area contributed by atoms with Gasteiger partial charge in [-0.05, 0) is 56.4 Å². The Balaban J connectivity index is 1.59. The van der Waals surface area contributed by atoms with Crippen LogP contribution in [0, 0.1) is 20.8 Å². The Morgan fingerprint density at radius 3 is 2.32 bits per heavy atom. The SMILES string of the molecule is Cc1ccc(CNC(=O)C(=O)NC[C@H]2CCCN2S(=O)(=O)c2cc(C)ccc2C)cc1. The van der Waals surface area contributed by atoms with Gasteiger partial charge in [0.05, 0.1) is 4.90 Å². The number of sulfonamides is 1. The maximum absolute atomic E-state index is 13.2. The number of rotatable bonds is 6. The minimum absolute atomic E-state index is 0.0981. The molecule has 1 atom stereocenters. The summed E-state index contributed by atoms with van der Waals surface area (Å²) in [5.74, 6) is -1.49. The summed E-state index contributed by atoms with van der Waals surface area (Å²) in [4.78, 5) is 24.6. The van der Waals surface area contributed by atoms with E-state index in [4.69, 9.17) is 0 Å². The number of carbonyl (C=O) groups is 2. The molecule has 0 aromatic heterocycles. The van der Waals surface area contributed by atoms with E-state index in [-0.39, 0.29) is 19.1 Å². The summed E-state index contributed by atoms with van der Waals surface area (Å²) in [5, 5.41) is 5.18. The van der Waals surface area contributed by atoms with E-state index in [1.165, 1.54) is 4.31 Å². The first-order valence-corrected chi connectivity index (χ1v) is 11.8. The van der Waals surface area contributed by atoms with Crippen molar-refractivity contribution >= 4 is 21.8 Å². The number of nitrogens with zero attached hydrogens (tertiary/aromatic N) is 1. The van der Waals surface area contributed by atoms with Gasteiger partial charge in [0.25, 0.3) is 0 Å². The smallest absolute Gasteiger partial charge is 0.309 e. The van der Waals surface area contributed by atoms with Gasteiger partial charge in [0.1, 0.15) is 0 Å². The first-order valence-electron chi connectivity index (χ1n) is 10.4. The molecule has 0 unspecified atom stereocenters. The van der Waals surface area contributed by atoms with E-state index in [1.54, 1.807) is 19.1 Å². The molecule has 7 nitrogen and oxygen atoms in total. The van der Waals surface area contributed by atoms with E-state index in [0.29, 0.717) is 29.8 Å². The quantitative estimate of drug-likeness (QED) is 0.669. The average molecular weight is 444 g/mol. The predicted molar refractivity (Wildman–Crippen MR) is 119 cm³/mol. The van der Waals surface area contributed by atoms with Crippen LogP contribution in [0.1, 0.15) is 35.1 Å². The van der Waals surface area contributed by atoms with E-state index in [1.807, 2.05) is 44.2 Å². The van der Waals surface area contributed by atoms with Crippen molar-refractivity contribution in [1.82, 2.24) is 14.9 Å². The van der Waals surface area contributed by atoms with Gasteiger partial charge in [-0.1, -0.05) is 42.0 Å². The Labute approximate surface area is 183 Å². The van der Waals surface area contributed by atoms with E-state index < -0.39 is 21.8 Å². The highest BCUT2D eigenvalue weighted by Crippen LogP contribution is 2.28. The molecule has 2 amide bonds. The molecule has 8 heteroatoms. The standard InChI is InChI=1S/C23H29N3O4S/c1-16-7-10-19(11-8-16)14-24-22(27)23(28)25-15-20-5-4-12-26(20)31(29,30)21-13-17(2)6-9-18(21)3/h6-11,13,20H,4-5,12,14-15H2,1-3H3,(H,24,27)(H,25,28)/t20-/m1/s1. The second-order valence-corrected chi connectivity index (χ2v) is 9.92. The highest BCUT2D eigenvalue weighted by molar-refractivity contribution is 7.89. The number of amides is 2. The topological polar surface area (TPSA) is 95.6 Å². The fraction of sp³-hybridized carbons (Fsp3) is 0.391. The molecule has 3 rings (SSSR count). The second kappa shape index (κ2) is 9.62. The molecule has 2 aromatic rings. The Kier molecular flexibility index (Phi) is 7.12. The molecule has 1 saturated heterocycles. The zero-order chi connectivity index (χ0) is 22.6. The fourth-order valence-corrected chi connectivity index (χ4v) is 5.70. The van der Waals surface area contributed by atoms with Crippen molar-refractivity contribution in [2.75, 3.05) is 13.1 Å². The van der Waals surface area contributed by atoms with Crippen molar-refractivity contribution < 1.29 is 18.0 Å². The fourth-order valence-electron chi connectivity index (χ4n) is 3.70. The summed E-state index contributed by atoms with van der Waals surface area (Å²) in [7, 11) is -3.68. The molecule has 1 aliphatic heterocycles. The lowest BCUT2D eigenvalue weighted by Gasteiger charge is -2.25. The van der Waals surface area contributed by atoms with Crippen molar-refractivity contribution in [2.24, 2.45) is 0 Å². The van der Waals surface area contributed by atoms with Gasteiger partial charge in [0.2, 0.25) is 10.0 Å². The molecular weight excluding hydrogens is 414 g/mol. The van der Waals surface area contributed by atoms with Gasteiger partial charge in [-0.15, -0.1) is 0 Å². The van der Waals surface area contributed by atoms with Crippen molar-refractivity contribution in [3.8, 4) is 0 Å². The maximum Gasteiger partial charge on any atom is 0.309 e. The Morgan fingerprint density at radius 2 is 1.61 bits per heavy atom. The van der Waals surface area contributed by atoms with E-state index >= 15 is 0 Å². The molecule has 0 bridgehead atoms. The highest BCUT2D eigenvalue weighted by Gasteiger charge is 2.36. The van der Waals surface area contributed by atoms with Gasteiger partial charge in [-0.25, -0.2) is 8.42 Å². The molecule has 2 N–H and O–H groups in total. The predicted octanol–water partition coefficient (Wildman–Crippen LogP) is 2.20. The van der Waals surface area contributed by atoms with Crippen molar-refractivity contribution in [3.05, 3.63) is 64.7 Å². The molecule has 0 radical (unpaired) electrons. The van der Waals surface area contributed by atoms with Crippen molar-refractivity contribution in [3.63, 3.8) is 0 Å². The number of hydrogen-bond donors (Lipinski definition) is 2. The van der Waals surface area contributed by atoms with Gasteiger partial charge < -0.3 is 10.6 Å². The van der Waals surface area contributed by atoms with Crippen LogP contribution >= 0.6 is 0 Å². The third-order valence-corrected chi connectivity index (χ3v) is 7.63. The van der Waals surface area contributed by atoms with Gasteiger partial charge in [-0.2, -0.15) is 4.31 Å². The van der Waals surface area contributed by atoms with Crippen LogP contribution in [-0.4, -0.2) is 43.7 Å². The monoisotopic (exact) mass is 443 g/mol. The Bertz CT molecular complexity index is 1060. The third-order valence-electron chi connectivity index (χ3n) is 5.53. The third kappa shape index (κ3) is 5.51. The van der Waals surface area contributed by atoms with Crippen LogP contribution in [0.25, 0.3) is 0 Å². The van der Waals surface area contributed by atoms with Crippen molar-refractivity contribution in [2.45, 2.75) is 51.1 Å². The number of hydrogen-bond acceptors (Lipinski definition) is 4. The van der Waals surface area contributed by atoms with Gasteiger partial charge in [0, 0.05) is 25.7 Å². The summed E-state index contributed by atoms with van der Waals surface area (Å²) in [6.45, 7) is 6.36. The molecule has 1 fully saturated rings. The summed E-state index contributed by atoms with van der Waals surface area (Å²) < 4.78 is 27.9. The highest BCUT2D eigenvalue weighted by atomic mass is 32.2. The summed E-state index contributed by atoms with van der Waals surface area (Å²) >= 11 is 0. The molecular formula is C23H29N3O4S. The van der Waals surface area contributed by atoms with Crippen LogP contribution in [0.15, 0.2) is 47.4 Å². The zero-order valence-electron chi connectivity index (χ0n) is 18.1. The lowest BCUT2D eigenvalue weighted by molar-refractivity contribution is -0.139. The molecule has 0 spiro atoms. The Morgan fingerprint density at radius 1 is 0.968 bits per heavy atom. The summed E-state index contributed by atoms with van der Waals surface area (Å²) in [6.07, 6.45) is 1.35. The second-order valence-electron chi connectivity index (χ2n) is 8.06. The molecule has 0 saturated carbocycles. The largest absolute Gasteiger partial charge is 0.346 e. The lowest BCUT2D eigenvalue weighted by Crippen LogP contribution is -2.46. The number of benzene rings is 2. The van der Waals surface area contributed by atoms with Crippen LogP contribution in [0.4, 0.5) is 0 Å². The minimum atomic E-state index is -3.68. The van der Waals surface area contributed by atoms with E-state index in [2.05, 4.69) is 10.6 Å². The average Bonchev–Trinajstić information content (AvgIpc) is 3.22. The van der Waals surface area contributed by atoms with Crippen LogP contribution in [0.3, 0.4) is 0 Å². The van der Waals surface area contributed by atoms with Crippen LogP contribution < -0.4 is 10.6 Å². The number of aryl methyl sites for hydroxylation is 3. The Hall–Kier alpha value is -2.71. The maximum atomic E-state index is 13.2. The lowest BCUT2D eigenvalue weighted by atomic mass is 10.1. The number of nitrogens with one attached hydrogen (secondary N) is 2. The van der Waals surface area contributed by atoms with Crippen LogP contribution in [-0.2, 0) is 26.2 Å². The van der Waals surface area contributed by atoms with Crippen LogP contribution in [0.5, 0.6) is 0 Å². The summed E-state index contributed by atoms with van der Waals surface area (Å²) in [6, 6.07) is 12.6. The summed E-state index contributed by atoms with van der Waals surface area (Å²) in [5.41, 5.74) is 3.58. The van der Waals surface area contributed by atoms with E-state index in [9.17, 15) is 18.0 Å². The van der Waals surface area contributed by atoms with Crippen molar-refractivity contribution in [1.29, 1.82) is 0 Å². The molecule has 1 heterocycles. The molecule has 1 aliphatic rings. The minimum Gasteiger partial charge on any atom is -0.346 e. The van der Waals surface area contributed by atoms with Gasteiger partial charge >= 0.3 is 11.8 Å². The number of carbonyl (C=O) groups excluding carboxylic acids is 2. The molecule has 2 aromatic carbocycles. The molecule has 0 aliphatic carbocycles. The first-order chi connectivity index (χ1) is 14.7. The normalized spacial score (nSPS) is 16.8. The van der Waals surface area contributed by atoms with E-state index in [0.717, 1.165) is 16.7 Å². The van der Waals surface area contributed by atoms with Gasteiger partial charge in [-0.3, -0.25) is 9.59 Å². The van der Waals surface area contributed by atoms with Gasteiger partial charge in [0.15, 0.2) is 0 Å². The molecule has 31 heavy (non-hydrogen) atoms. The zero-order valence-corrected chi connectivity index (χ0v) is 19.0. The van der Waals surface area contributed by atoms with Crippen LogP contribution in [0.2, 0.25) is 0 Å².